The fraction of sp³-hybridized carbons (Fsp3) is 0.250. The SMILES string of the molecule is O=C(O)c1sc2cccc(F)c2c1CNCC(F)(F)F. The van der Waals surface area contributed by atoms with Crippen molar-refractivity contribution >= 4 is 27.4 Å². The predicted molar refractivity (Wildman–Crippen MR) is 66.5 cm³/mol. The molecule has 0 saturated heterocycles. The minimum atomic E-state index is -4.41. The molecule has 0 spiro atoms. The molecule has 0 amide bonds. The third-order valence-corrected chi connectivity index (χ3v) is 3.77. The molecule has 0 saturated carbocycles. The summed E-state index contributed by atoms with van der Waals surface area (Å²) in [6.07, 6.45) is -4.41. The van der Waals surface area contributed by atoms with Gasteiger partial charge in [0.05, 0.1) is 6.54 Å². The van der Waals surface area contributed by atoms with Crippen molar-refractivity contribution in [2.75, 3.05) is 6.54 Å². The largest absolute Gasteiger partial charge is 0.477 e. The summed E-state index contributed by atoms with van der Waals surface area (Å²) in [4.78, 5) is 10.9. The molecule has 3 nitrogen and oxygen atoms in total. The van der Waals surface area contributed by atoms with Crippen LogP contribution in [0.15, 0.2) is 18.2 Å². The van der Waals surface area contributed by atoms with E-state index < -0.39 is 24.5 Å². The van der Waals surface area contributed by atoms with Crippen molar-refractivity contribution in [3.63, 3.8) is 0 Å². The van der Waals surface area contributed by atoms with Crippen LogP contribution in [-0.2, 0) is 6.54 Å². The van der Waals surface area contributed by atoms with Gasteiger partial charge in [0.25, 0.3) is 0 Å². The molecule has 0 aliphatic heterocycles. The average molecular weight is 307 g/mol. The van der Waals surface area contributed by atoms with Crippen LogP contribution in [0.4, 0.5) is 17.6 Å². The Kier molecular flexibility index (Phi) is 3.96. The van der Waals surface area contributed by atoms with Gasteiger partial charge in [-0.15, -0.1) is 11.3 Å². The normalized spacial score (nSPS) is 12.0. The second kappa shape index (κ2) is 5.37. The van der Waals surface area contributed by atoms with Gasteiger partial charge in [0.2, 0.25) is 0 Å². The van der Waals surface area contributed by atoms with Gasteiger partial charge < -0.3 is 10.4 Å². The Balaban J connectivity index is 2.39. The van der Waals surface area contributed by atoms with Gasteiger partial charge >= 0.3 is 12.1 Å². The third kappa shape index (κ3) is 3.07. The van der Waals surface area contributed by atoms with Crippen molar-refractivity contribution in [3.8, 4) is 0 Å². The Morgan fingerprint density at radius 1 is 1.35 bits per heavy atom. The first-order valence-electron chi connectivity index (χ1n) is 5.50. The molecule has 1 aromatic carbocycles. The Hall–Kier alpha value is -1.67. The molecule has 20 heavy (non-hydrogen) atoms. The number of thiophene rings is 1. The molecule has 1 aromatic heterocycles. The third-order valence-electron chi connectivity index (χ3n) is 2.58. The van der Waals surface area contributed by atoms with E-state index >= 15 is 0 Å². The fourth-order valence-electron chi connectivity index (χ4n) is 1.84. The standard InChI is InChI=1S/C12H9F4NO2S/c13-7-2-1-3-8-9(7)6(10(20-8)11(18)19)4-17-5-12(14,15)16/h1-3,17H,4-5H2,(H,18,19). The zero-order chi connectivity index (χ0) is 14.9. The van der Waals surface area contributed by atoms with Gasteiger partial charge in [-0.1, -0.05) is 6.07 Å². The van der Waals surface area contributed by atoms with Gasteiger partial charge in [-0.05, 0) is 12.1 Å². The number of hydrogen-bond acceptors (Lipinski definition) is 3. The lowest BCUT2D eigenvalue weighted by molar-refractivity contribution is -0.125. The number of halogens is 4. The van der Waals surface area contributed by atoms with Gasteiger partial charge in [0.15, 0.2) is 0 Å². The molecule has 1 heterocycles. The smallest absolute Gasteiger partial charge is 0.401 e. The van der Waals surface area contributed by atoms with Gasteiger partial charge in [-0.3, -0.25) is 0 Å². The zero-order valence-corrected chi connectivity index (χ0v) is 10.7. The number of alkyl halides is 3. The number of aromatic carboxylic acids is 1. The summed E-state index contributed by atoms with van der Waals surface area (Å²) in [5.74, 6) is -1.93. The van der Waals surface area contributed by atoms with Gasteiger partial charge in [-0.2, -0.15) is 13.2 Å². The quantitative estimate of drug-likeness (QED) is 0.851. The molecule has 0 fully saturated rings. The first kappa shape index (κ1) is 14.7. The number of benzene rings is 1. The number of carboxylic acids is 1. The van der Waals surface area contributed by atoms with Crippen LogP contribution in [0.2, 0.25) is 0 Å². The van der Waals surface area contributed by atoms with E-state index in [0.29, 0.717) is 4.70 Å². The number of rotatable bonds is 4. The molecule has 2 aromatic rings. The van der Waals surface area contributed by atoms with E-state index in [-0.39, 0.29) is 22.4 Å². The first-order valence-corrected chi connectivity index (χ1v) is 6.32. The number of carboxylic acid groups (broad SMARTS) is 1. The average Bonchev–Trinajstić information content (AvgIpc) is 2.68. The lowest BCUT2D eigenvalue weighted by atomic mass is 10.1. The van der Waals surface area contributed by atoms with Crippen molar-refractivity contribution < 1.29 is 27.5 Å². The summed E-state index contributed by atoms with van der Waals surface area (Å²) in [5, 5.41) is 11.2. The summed E-state index contributed by atoms with van der Waals surface area (Å²) < 4.78 is 50.4. The molecular weight excluding hydrogens is 298 g/mol. The summed E-state index contributed by atoms with van der Waals surface area (Å²) in [6, 6.07) is 4.10. The molecule has 0 radical (unpaired) electrons. The molecule has 2 rings (SSSR count). The topological polar surface area (TPSA) is 49.3 Å². The summed E-state index contributed by atoms with van der Waals surface area (Å²) in [7, 11) is 0. The van der Waals surface area contributed by atoms with Crippen molar-refractivity contribution in [1.82, 2.24) is 5.32 Å². The van der Waals surface area contributed by atoms with Gasteiger partial charge in [0, 0.05) is 22.2 Å². The van der Waals surface area contributed by atoms with Crippen LogP contribution in [0.25, 0.3) is 10.1 Å². The van der Waals surface area contributed by atoms with Crippen LogP contribution < -0.4 is 5.32 Å². The minimum absolute atomic E-state index is 0.0415. The number of hydrogen-bond donors (Lipinski definition) is 2. The lowest BCUT2D eigenvalue weighted by Gasteiger charge is -2.08. The summed E-state index contributed by atoms with van der Waals surface area (Å²) >= 11 is 0.843. The van der Waals surface area contributed by atoms with E-state index in [1.807, 2.05) is 0 Å². The predicted octanol–water partition coefficient (Wildman–Crippen LogP) is 3.39. The van der Waals surface area contributed by atoms with Crippen LogP contribution in [0.3, 0.4) is 0 Å². The highest BCUT2D eigenvalue weighted by molar-refractivity contribution is 7.21. The fourth-order valence-corrected chi connectivity index (χ4v) is 2.91. The van der Waals surface area contributed by atoms with Crippen LogP contribution >= 0.6 is 11.3 Å². The van der Waals surface area contributed by atoms with Crippen molar-refractivity contribution in [1.29, 1.82) is 0 Å². The van der Waals surface area contributed by atoms with E-state index in [9.17, 15) is 22.4 Å². The molecule has 0 aliphatic rings. The highest BCUT2D eigenvalue weighted by Crippen LogP contribution is 2.33. The van der Waals surface area contributed by atoms with Crippen LogP contribution in [-0.4, -0.2) is 23.8 Å². The highest BCUT2D eigenvalue weighted by Gasteiger charge is 2.27. The number of nitrogens with one attached hydrogen (secondary N) is 1. The second-order valence-electron chi connectivity index (χ2n) is 4.05. The van der Waals surface area contributed by atoms with E-state index in [4.69, 9.17) is 5.11 Å². The second-order valence-corrected chi connectivity index (χ2v) is 5.10. The maximum Gasteiger partial charge on any atom is 0.401 e. The van der Waals surface area contributed by atoms with E-state index in [1.165, 1.54) is 12.1 Å². The maximum atomic E-state index is 13.7. The molecular formula is C12H9F4NO2S. The summed E-state index contributed by atoms with van der Waals surface area (Å²) in [5.41, 5.74) is 0.0415. The minimum Gasteiger partial charge on any atom is -0.477 e. The van der Waals surface area contributed by atoms with Gasteiger partial charge in [0.1, 0.15) is 10.7 Å². The number of fused-ring (bicyclic) bond motifs is 1. The molecule has 8 heteroatoms. The van der Waals surface area contributed by atoms with Crippen molar-refractivity contribution in [2.24, 2.45) is 0 Å². The zero-order valence-electron chi connectivity index (χ0n) is 9.92. The molecule has 2 N–H and O–H groups in total. The first-order chi connectivity index (χ1) is 9.29. The van der Waals surface area contributed by atoms with Crippen LogP contribution in [0.5, 0.6) is 0 Å². The monoisotopic (exact) mass is 307 g/mol. The molecule has 0 atom stereocenters. The van der Waals surface area contributed by atoms with E-state index in [2.05, 4.69) is 5.32 Å². The molecule has 0 aliphatic carbocycles. The Morgan fingerprint density at radius 3 is 2.65 bits per heavy atom. The molecule has 108 valence electrons. The maximum absolute atomic E-state index is 13.7. The molecule has 0 unspecified atom stereocenters. The van der Waals surface area contributed by atoms with Crippen LogP contribution in [0, 0.1) is 5.82 Å². The number of carbonyl (C=O) groups is 1. The van der Waals surface area contributed by atoms with Crippen molar-refractivity contribution in [2.45, 2.75) is 12.7 Å². The van der Waals surface area contributed by atoms with Gasteiger partial charge in [-0.25, -0.2) is 9.18 Å². The Bertz CT molecular complexity index is 651. The lowest BCUT2D eigenvalue weighted by Crippen LogP contribution is -2.28. The van der Waals surface area contributed by atoms with E-state index in [0.717, 1.165) is 17.4 Å². The van der Waals surface area contributed by atoms with E-state index in [1.54, 1.807) is 0 Å². The Morgan fingerprint density at radius 2 is 2.05 bits per heavy atom. The summed E-state index contributed by atoms with van der Waals surface area (Å²) in [6.45, 7) is -1.63. The molecule has 0 bridgehead atoms. The highest BCUT2D eigenvalue weighted by atomic mass is 32.1. The van der Waals surface area contributed by atoms with Crippen molar-refractivity contribution in [3.05, 3.63) is 34.5 Å². The van der Waals surface area contributed by atoms with Crippen LogP contribution in [0.1, 0.15) is 15.2 Å². The Labute approximate surface area is 114 Å².